The van der Waals surface area contributed by atoms with Crippen LogP contribution in [0.25, 0.3) is 28.2 Å². The van der Waals surface area contributed by atoms with Crippen molar-refractivity contribution in [1.29, 1.82) is 0 Å². The first-order valence-corrected chi connectivity index (χ1v) is 13.0. The molecule has 6 heteroatoms. The smallest absolute Gasteiger partial charge is 0.338 e. The summed E-state index contributed by atoms with van der Waals surface area (Å²) in [5.41, 5.74) is 5.65. The fraction of sp³-hybridized carbons (Fsp3) is 0.400. The Labute approximate surface area is 217 Å². The van der Waals surface area contributed by atoms with E-state index in [2.05, 4.69) is 4.57 Å². The van der Waals surface area contributed by atoms with Crippen LogP contribution in [0.15, 0.2) is 42.0 Å². The quantitative estimate of drug-likeness (QED) is 0.345. The van der Waals surface area contributed by atoms with Crippen LogP contribution in [0.4, 0.5) is 0 Å². The molecule has 0 spiro atoms. The van der Waals surface area contributed by atoms with Crippen LogP contribution in [-0.4, -0.2) is 29.2 Å². The van der Waals surface area contributed by atoms with Gasteiger partial charge in [-0.3, -0.25) is 0 Å². The summed E-state index contributed by atoms with van der Waals surface area (Å²) in [7, 11) is 1.40. The van der Waals surface area contributed by atoms with Crippen LogP contribution in [0.2, 0.25) is 5.02 Å². The van der Waals surface area contributed by atoms with Gasteiger partial charge in [-0.1, -0.05) is 43.0 Å². The molecule has 1 fully saturated rings. The highest BCUT2D eigenvalue weighted by molar-refractivity contribution is 6.31. The van der Waals surface area contributed by atoms with Crippen molar-refractivity contribution in [3.8, 4) is 11.3 Å². The van der Waals surface area contributed by atoms with Gasteiger partial charge in [-0.05, 0) is 81.0 Å². The van der Waals surface area contributed by atoms with Crippen LogP contribution in [-0.2, 0) is 20.8 Å². The molecule has 188 valence electrons. The SMILES string of the molecule is COC(=O)C1=Cc2ccc(Cl)cc2-c2c(C3CCCCC3)c3ccc(C(=O)OC(C)(C)C)cc3n2C1. The largest absolute Gasteiger partial charge is 0.466 e. The van der Waals surface area contributed by atoms with E-state index >= 15 is 0 Å². The maximum Gasteiger partial charge on any atom is 0.338 e. The third kappa shape index (κ3) is 4.57. The van der Waals surface area contributed by atoms with Gasteiger partial charge >= 0.3 is 11.9 Å². The normalized spacial score (nSPS) is 16.1. The summed E-state index contributed by atoms with van der Waals surface area (Å²) in [5.74, 6) is -0.329. The molecule has 0 saturated heterocycles. The number of ether oxygens (including phenoxy) is 2. The molecular weight excluding hydrogens is 474 g/mol. The lowest BCUT2D eigenvalue weighted by Gasteiger charge is -2.24. The number of carbonyl (C=O) groups excluding carboxylic acids is 2. The van der Waals surface area contributed by atoms with Gasteiger partial charge < -0.3 is 14.0 Å². The fourth-order valence-electron chi connectivity index (χ4n) is 5.62. The van der Waals surface area contributed by atoms with Gasteiger partial charge in [0.2, 0.25) is 0 Å². The van der Waals surface area contributed by atoms with Crippen LogP contribution in [0, 0.1) is 0 Å². The molecule has 0 unspecified atom stereocenters. The Hall–Kier alpha value is -3.05. The molecule has 5 rings (SSSR count). The summed E-state index contributed by atoms with van der Waals surface area (Å²) in [6, 6.07) is 11.6. The van der Waals surface area contributed by atoms with E-state index in [0.29, 0.717) is 28.6 Å². The van der Waals surface area contributed by atoms with Crippen LogP contribution in [0.1, 0.15) is 80.3 Å². The zero-order valence-electron chi connectivity index (χ0n) is 21.3. The molecule has 0 bridgehead atoms. The number of benzene rings is 2. The maximum absolute atomic E-state index is 13.0. The van der Waals surface area contributed by atoms with Gasteiger partial charge in [-0.25, -0.2) is 9.59 Å². The van der Waals surface area contributed by atoms with Gasteiger partial charge in [0.25, 0.3) is 0 Å². The van der Waals surface area contributed by atoms with E-state index < -0.39 is 5.60 Å². The van der Waals surface area contributed by atoms with Crippen LogP contribution >= 0.6 is 11.6 Å². The Morgan fingerprint density at radius 3 is 2.44 bits per heavy atom. The lowest BCUT2D eigenvalue weighted by Crippen LogP contribution is -2.23. The molecule has 0 radical (unpaired) electrons. The van der Waals surface area contributed by atoms with Gasteiger partial charge in [0, 0.05) is 21.5 Å². The highest BCUT2D eigenvalue weighted by atomic mass is 35.5. The van der Waals surface area contributed by atoms with Gasteiger partial charge in [0.1, 0.15) is 5.60 Å². The second-order valence-electron chi connectivity index (χ2n) is 10.8. The second kappa shape index (κ2) is 9.44. The topological polar surface area (TPSA) is 57.5 Å². The Bertz CT molecular complexity index is 1390. The molecule has 1 aromatic heterocycles. The van der Waals surface area contributed by atoms with E-state index in [9.17, 15) is 9.59 Å². The lowest BCUT2D eigenvalue weighted by atomic mass is 9.81. The number of rotatable bonds is 3. The number of halogens is 1. The zero-order valence-corrected chi connectivity index (χ0v) is 22.1. The maximum atomic E-state index is 13.0. The van der Waals surface area contributed by atoms with E-state index in [1.54, 1.807) is 0 Å². The third-order valence-electron chi connectivity index (χ3n) is 7.13. The fourth-order valence-corrected chi connectivity index (χ4v) is 5.79. The lowest BCUT2D eigenvalue weighted by molar-refractivity contribution is -0.136. The minimum Gasteiger partial charge on any atom is -0.466 e. The number of methoxy groups -OCH3 is 1. The molecule has 5 nitrogen and oxygen atoms in total. The van der Waals surface area contributed by atoms with E-state index in [0.717, 1.165) is 40.6 Å². The molecule has 0 atom stereocenters. The van der Waals surface area contributed by atoms with Crippen molar-refractivity contribution < 1.29 is 19.1 Å². The summed E-state index contributed by atoms with van der Waals surface area (Å²) >= 11 is 6.51. The Morgan fingerprint density at radius 1 is 1.00 bits per heavy atom. The van der Waals surface area contributed by atoms with Crippen molar-refractivity contribution in [2.24, 2.45) is 0 Å². The summed E-state index contributed by atoms with van der Waals surface area (Å²) in [5, 5.41) is 1.76. The average Bonchev–Trinajstić information content (AvgIpc) is 3.06. The minimum absolute atomic E-state index is 0.343. The van der Waals surface area contributed by atoms with E-state index in [4.69, 9.17) is 21.1 Å². The number of esters is 2. The predicted octanol–water partition coefficient (Wildman–Crippen LogP) is 7.53. The summed E-state index contributed by atoms with van der Waals surface area (Å²) in [6.45, 7) is 5.93. The average molecular weight is 506 g/mol. The number of fused-ring (bicyclic) bond motifs is 5. The van der Waals surface area contributed by atoms with Crippen molar-refractivity contribution in [2.45, 2.75) is 70.9 Å². The number of aromatic nitrogens is 1. The summed E-state index contributed by atoms with van der Waals surface area (Å²) < 4.78 is 13.0. The van der Waals surface area contributed by atoms with Crippen LogP contribution in [0.3, 0.4) is 0 Å². The molecule has 3 aromatic rings. The highest BCUT2D eigenvalue weighted by Crippen LogP contribution is 2.47. The first-order chi connectivity index (χ1) is 17.2. The molecule has 1 aliphatic carbocycles. The molecular formula is C30H32ClNO4. The number of carbonyl (C=O) groups is 2. The monoisotopic (exact) mass is 505 g/mol. The van der Waals surface area contributed by atoms with Gasteiger partial charge in [-0.2, -0.15) is 0 Å². The summed E-state index contributed by atoms with van der Waals surface area (Å²) in [4.78, 5) is 25.8. The molecule has 1 aliphatic heterocycles. The van der Waals surface area contributed by atoms with Crippen LogP contribution < -0.4 is 0 Å². The minimum atomic E-state index is -0.591. The predicted molar refractivity (Wildman–Crippen MR) is 143 cm³/mol. The van der Waals surface area contributed by atoms with Crippen LogP contribution in [0.5, 0.6) is 0 Å². The first-order valence-electron chi connectivity index (χ1n) is 12.6. The van der Waals surface area contributed by atoms with Gasteiger partial charge in [0.05, 0.1) is 30.5 Å². The Kier molecular flexibility index (Phi) is 6.46. The molecule has 2 aromatic carbocycles. The van der Waals surface area contributed by atoms with Crippen molar-refractivity contribution in [3.05, 3.63) is 63.7 Å². The van der Waals surface area contributed by atoms with E-state index in [1.807, 2.05) is 63.2 Å². The molecule has 1 saturated carbocycles. The molecule has 0 amide bonds. The zero-order chi connectivity index (χ0) is 25.6. The van der Waals surface area contributed by atoms with Crippen molar-refractivity contribution in [2.75, 3.05) is 7.11 Å². The van der Waals surface area contributed by atoms with Gasteiger partial charge in [0.15, 0.2) is 0 Å². The van der Waals surface area contributed by atoms with Gasteiger partial charge in [-0.15, -0.1) is 0 Å². The molecule has 2 aliphatic rings. The number of hydrogen-bond donors (Lipinski definition) is 0. The molecule has 36 heavy (non-hydrogen) atoms. The number of nitrogens with zero attached hydrogens (tertiary/aromatic N) is 1. The molecule has 2 heterocycles. The standard InChI is InChI=1S/C30H32ClNO4/c1-30(2,3)36-29(34)20-11-13-23-25(15-20)32-17-21(28(33)35-4)14-19-10-12-22(31)16-24(19)27(32)26(23)18-8-6-5-7-9-18/h10-16,18H,5-9,17H2,1-4H3. The van der Waals surface area contributed by atoms with E-state index in [-0.39, 0.29) is 11.9 Å². The second-order valence-corrected chi connectivity index (χ2v) is 11.2. The number of hydrogen-bond acceptors (Lipinski definition) is 4. The van der Waals surface area contributed by atoms with Crippen molar-refractivity contribution >= 4 is 40.5 Å². The Morgan fingerprint density at radius 2 is 1.75 bits per heavy atom. The van der Waals surface area contributed by atoms with E-state index in [1.165, 1.54) is 31.9 Å². The first kappa shape index (κ1) is 24.6. The third-order valence-corrected chi connectivity index (χ3v) is 7.36. The highest BCUT2D eigenvalue weighted by Gasteiger charge is 2.31. The van der Waals surface area contributed by atoms with Crippen molar-refractivity contribution in [1.82, 2.24) is 4.57 Å². The molecule has 0 N–H and O–H groups in total. The van der Waals surface area contributed by atoms with Crippen molar-refractivity contribution in [3.63, 3.8) is 0 Å². The summed E-state index contributed by atoms with van der Waals surface area (Å²) in [6.07, 6.45) is 7.78. The Balaban J connectivity index is 1.80.